The first kappa shape index (κ1) is 15.9. The highest BCUT2D eigenvalue weighted by Gasteiger charge is 2.26. The Labute approximate surface area is 125 Å². The highest BCUT2D eigenvalue weighted by Crippen LogP contribution is 2.12. The van der Waals surface area contributed by atoms with Crippen LogP contribution in [0.4, 0.5) is 0 Å². The van der Waals surface area contributed by atoms with Gasteiger partial charge in [0.1, 0.15) is 0 Å². The molecule has 1 saturated heterocycles. The third-order valence-electron chi connectivity index (χ3n) is 3.63. The minimum absolute atomic E-state index is 0.0533. The average Bonchev–Trinajstić information content (AvgIpc) is 2.47. The van der Waals surface area contributed by atoms with Crippen LogP contribution in [0.3, 0.4) is 0 Å². The molecule has 0 aromatic heterocycles. The van der Waals surface area contributed by atoms with Crippen molar-refractivity contribution < 1.29 is 13.2 Å². The molecule has 2 N–H and O–H groups in total. The Morgan fingerprint density at radius 2 is 1.71 bits per heavy atom. The molecule has 0 aliphatic carbocycles. The molecule has 2 rings (SSSR count). The van der Waals surface area contributed by atoms with E-state index in [0.717, 1.165) is 12.0 Å². The minimum atomic E-state index is -3.17. The topological polar surface area (TPSA) is 83.7 Å². The molecule has 0 bridgehead atoms. The minimum Gasteiger partial charge on any atom is -0.336 e. The number of amides is 1. The lowest BCUT2D eigenvalue weighted by atomic mass is 10.1. The van der Waals surface area contributed by atoms with E-state index in [1.165, 1.54) is 10.6 Å². The summed E-state index contributed by atoms with van der Waals surface area (Å²) in [6.45, 7) is 2.15. The number of rotatable bonds is 4. The van der Waals surface area contributed by atoms with Gasteiger partial charge in [-0.15, -0.1) is 0 Å². The van der Waals surface area contributed by atoms with Gasteiger partial charge in [-0.2, -0.15) is 4.31 Å². The predicted molar refractivity (Wildman–Crippen MR) is 81.5 cm³/mol. The third kappa shape index (κ3) is 4.03. The molecule has 1 aromatic rings. The smallest absolute Gasteiger partial charge is 0.253 e. The largest absolute Gasteiger partial charge is 0.336 e. The Morgan fingerprint density at radius 3 is 2.19 bits per heavy atom. The van der Waals surface area contributed by atoms with Crippen LogP contribution in [0, 0.1) is 0 Å². The van der Waals surface area contributed by atoms with Crippen molar-refractivity contribution in [3.8, 4) is 0 Å². The fourth-order valence-corrected chi connectivity index (χ4v) is 3.21. The van der Waals surface area contributed by atoms with Gasteiger partial charge in [0, 0.05) is 31.7 Å². The lowest BCUT2D eigenvalue weighted by molar-refractivity contribution is 0.0698. The molecule has 0 spiro atoms. The number of nitrogens with two attached hydrogens (primary N) is 1. The third-order valence-corrected chi connectivity index (χ3v) is 4.93. The normalized spacial score (nSPS) is 17.0. The summed E-state index contributed by atoms with van der Waals surface area (Å²) in [5.41, 5.74) is 7.23. The highest BCUT2D eigenvalue weighted by molar-refractivity contribution is 7.88. The van der Waals surface area contributed by atoms with Crippen LogP contribution in [-0.4, -0.2) is 62.5 Å². The number of hydrogen-bond acceptors (Lipinski definition) is 4. The molecule has 116 valence electrons. The molecule has 6 nitrogen and oxygen atoms in total. The van der Waals surface area contributed by atoms with Gasteiger partial charge in [0.2, 0.25) is 10.0 Å². The average molecular weight is 311 g/mol. The van der Waals surface area contributed by atoms with Gasteiger partial charge in [-0.05, 0) is 30.7 Å². The van der Waals surface area contributed by atoms with Crippen LogP contribution >= 0.6 is 0 Å². The Balaban J connectivity index is 1.98. The van der Waals surface area contributed by atoms with Crippen molar-refractivity contribution in [2.45, 2.75) is 6.42 Å². The number of carbonyl (C=O) groups is 1. The standard InChI is InChI=1S/C14H21N3O3S/c1-21(19,20)17-10-8-16(9-11-17)14(18)13-4-2-12(3-5-13)6-7-15/h2-5H,6-11,15H2,1H3. The van der Waals surface area contributed by atoms with Crippen LogP contribution in [0.2, 0.25) is 0 Å². The molecule has 1 aliphatic heterocycles. The van der Waals surface area contributed by atoms with Crippen molar-refractivity contribution in [2.75, 3.05) is 39.0 Å². The maximum atomic E-state index is 12.4. The van der Waals surface area contributed by atoms with Gasteiger partial charge >= 0.3 is 0 Å². The van der Waals surface area contributed by atoms with Gasteiger partial charge in [0.25, 0.3) is 5.91 Å². The molecule has 0 atom stereocenters. The summed E-state index contributed by atoms with van der Waals surface area (Å²) in [4.78, 5) is 14.1. The summed E-state index contributed by atoms with van der Waals surface area (Å²) in [5.74, 6) is -0.0533. The van der Waals surface area contributed by atoms with Gasteiger partial charge in [-0.25, -0.2) is 8.42 Å². The molecule has 0 radical (unpaired) electrons. The molecule has 0 unspecified atom stereocenters. The summed E-state index contributed by atoms with van der Waals surface area (Å²) < 4.78 is 24.3. The van der Waals surface area contributed by atoms with Crippen LogP contribution in [0.25, 0.3) is 0 Å². The summed E-state index contributed by atoms with van der Waals surface area (Å²) in [6.07, 6.45) is 1.99. The molecule has 0 saturated carbocycles. The zero-order valence-corrected chi connectivity index (χ0v) is 13.0. The van der Waals surface area contributed by atoms with Crippen molar-refractivity contribution in [3.63, 3.8) is 0 Å². The lowest BCUT2D eigenvalue weighted by Crippen LogP contribution is -2.50. The summed E-state index contributed by atoms with van der Waals surface area (Å²) in [5, 5.41) is 0. The number of carbonyl (C=O) groups excluding carboxylic acids is 1. The van der Waals surface area contributed by atoms with Crippen LogP contribution in [-0.2, 0) is 16.4 Å². The zero-order valence-electron chi connectivity index (χ0n) is 12.2. The van der Waals surface area contributed by atoms with E-state index in [0.29, 0.717) is 38.3 Å². The van der Waals surface area contributed by atoms with Crippen molar-refractivity contribution in [1.82, 2.24) is 9.21 Å². The van der Waals surface area contributed by atoms with Crippen molar-refractivity contribution >= 4 is 15.9 Å². The van der Waals surface area contributed by atoms with Gasteiger partial charge < -0.3 is 10.6 Å². The van der Waals surface area contributed by atoms with Crippen LogP contribution in [0.1, 0.15) is 15.9 Å². The number of nitrogens with zero attached hydrogens (tertiary/aromatic N) is 2. The Morgan fingerprint density at radius 1 is 1.14 bits per heavy atom. The second-order valence-corrected chi connectivity index (χ2v) is 7.17. The van der Waals surface area contributed by atoms with E-state index in [2.05, 4.69) is 0 Å². The molecule has 7 heteroatoms. The SMILES string of the molecule is CS(=O)(=O)N1CCN(C(=O)c2ccc(CCN)cc2)CC1. The lowest BCUT2D eigenvalue weighted by Gasteiger charge is -2.33. The molecule has 21 heavy (non-hydrogen) atoms. The second kappa shape index (κ2) is 6.55. The summed E-state index contributed by atoms with van der Waals surface area (Å²) in [7, 11) is -3.17. The quantitative estimate of drug-likeness (QED) is 0.842. The molecule has 1 aliphatic rings. The Hall–Kier alpha value is -1.44. The van der Waals surface area contributed by atoms with Gasteiger partial charge in [-0.1, -0.05) is 12.1 Å². The van der Waals surface area contributed by atoms with E-state index in [1.807, 2.05) is 12.1 Å². The molecule has 1 amide bonds. The van der Waals surface area contributed by atoms with E-state index in [4.69, 9.17) is 5.73 Å². The molecule has 1 fully saturated rings. The van der Waals surface area contributed by atoms with E-state index in [1.54, 1.807) is 17.0 Å². The van der Waals surface area contributed by atoms with E-state index < -0.39 is 10.0 Å². The van der Waals surface area contributed by atoms with E-state index >= 15 is 0 Å². The maximum Gasteiger partial charge on any atom is 0.253 e. The van der Waals surface area contributed by atoms with Gasteiger partial charge in [0.15, 0.2) is 0 Å². The van der Waals surface area contributed by atoms with Gasteiger partial charge in [-0.3, -0.25) is 4.79 Å². The van der Waals surface area contributed by atoms with Crippen LogP contribution in [0.5, 0.6) is 0 Å². The second-order valence-electron chi connectivity index (χ2n) is 5.19. The van der Waals surface area contributed by atoms with Crippen molar-refractivity contribution in [3.05, 3.63) is 35.4 Å². The number of hydrogen-bond donors (Lipinski definition) is 1. The predicted octanol–water partition coefficient (Wildman–Crippen LogP) is -0.0948. The van der Waals surface area contributed by atoms with Crippen LogP contribution < -0.4 is 5.73 Å². The summed E-state index contributed by atoms with van der Waals surface area (Å²) >= 11 is 0. The van der Waals surface area contributed by atoms with E-state index in [-0.39, 0.29) is 5.91 Å². The maximum absolute atomic E-state index is 12.4. The monoisotopic (exact) mass is 311 g/mol. The van der Waals surface area contributed by atoms with Crippen LogP contribution in [0.15, 0.2) is 24.3 Å². The first-order chi connectivity index (χ1) is 9.91. The first-order valence-electron chi connectivity index (χ1n) is 6.95. The Bertz CT molecular complexity index is 590. The molecular formula is C14H21N3O3S. The number of sulfonamides is 1. The number of piperazine rings is 1. The first-order valence-corrected chi connectivity index (χ1v) is 8.80. The fourth-order valence-electron chi connectivity index (χ4n) is 2.39. The molecular weight excluding hydrogens is 290 g/mol. The van der Waals surface area contributed by atoms with Crippen molar-refractivity contribution in [2.24, 2.45) is 5.73 Å². The van der Waals surface area contributed by atoms with E-state index in [9.17, 15) is 13.2 Å². The van der Waals surface area contributed by atoms with Crippen molar-refractivity contribution in [1.29, 1.82) is 0 Å². The molecule has 1 aromatic carbocycles. The molecule has 1 heterocycles. The Kier molecular flexibility index (Phi) is 4.97. The fraction of sp³-hybridized carbons (Fsp3) is 0.500. The summed E-state index contributed by atoms with van der Waals surface area (Å²) in [6, 6.07) is 7.42. The van der Waals surface area contributed by atoms with Gasteiger partial charge in [0.05, 0.1) is 6.26 Å². The number of benzene rings is 1. The zero-order chi connectivity index (χ0) is 15.5. The highest BCUT2D eigenvalue weighted by atomic mass is 32.2.